The van der Waals surface area contributed by atoms with E-state index in [1.54, 1.807) is 24.4 Å². The summed E-state index contributed by atoms with van der Waals surface area (Å²) in [5.41, 5.74) is 3.41. The molecule has 0 saturated heterocycles. The number of aromatic amines is 1. The van der Waals surface area contributed by atoms with Crippen LogP contribution in [0.25, 0.3) is 11.1 Å². The Morgan fingerprint density at radius 1 is 0.905 bits per heavy atom. The van der Waals surface area contributed by atoms with Crippen molar-refractivity contribution in [2.45, 2.75) is 6.10 Å². The van der Waals surface area contributed by atoms with Crippen molar-refractivity contribution in [3.05, 3.63) is 82.1 Å². The van der Waals surface area contributed by atoms with Crippen molar-refractivity contribution < 1.29 is 5.11 Å². The number of aliphatic hydroxyl groups is 1. The maximum Gasteiger partial charge on any atom is 0.108 e. The summed E-state index contributed by atoms with van der Waals surface area (Å²) in [7, 11) is 0. The number of H-pyrrole nitrogens is 1. The van der Waals surface area contributed by atoms with Crippen LogP contribution in [0.2, 0.25) is 10.0 Å². The zero-order valence-electron chi connectivity index (χ0n) is 11.1. The summed E-state index contributed by atoms with van der Waals surface area (Å²) < 4.78 is 0. The second kappa shape index (κ2) is 5.94. The van der Waals surface area contributed by atoms with Crippen LogP contribution in [0.4, 0.5) is 0 Å². The lowest BCUT2D eigenvalue weighted by Crippen LogP contribution is -2.00. The predicted molar refractivity (Wildman–Crippen MR) is 86.8 cm³/mol. The van der Waals surface area contributed by atoms with Crippen molar-refractivity contribution in [2.24, 2.45) is 0 Å². The van der Waals surface area contributed by atoms with Crippen molar-refractivity contribution in [3.8, 4) is 11.1 Å². The molecule has 3 aromatic rings. The summed E-state index contributed by atoms with van der Waals surface area (Å²) in [5, 5.41) is 11.7. The van der Waals surface area contributed by atoms with Gasteiger partial charge in [-0.1, -0.05) is 59.6 Å². The van der Waals surface area contributed by atoms with Crippen LogP contribution < -0.4 is 0 Å². The summed E-state index contributed by atoms with van der Waals surface area (Å²) in [5.74, 6) is 0. The quantitative estimate of drug-likeness (QED) is 0.695. The first-order valence-corrected chi connectivity index (χ1v) is 7.27. The number of hydrogen-bond acceptors (Lipinski definition) is 1. The van der Waals surface area contributed by atoms with Gasteiger partial charge in [0.2, 0.25) is 0 Å². The molecule has 0 fully saturated rings. The third-order valence-electron chi connectivity index (χ3n) is 3.41. The fourth-order valence-corrected chi connectivity index (χ4v) is 2.87. The molecule has 0 aliphatic rings. The van der Waals surface area contributed by atoms with Crippen LogP contribution in [0.15, 0.2) is 60.9 Å². The Bertz CT molecular complexity index is 752. The Kier molecular flexibility index (Phi) is 4.02. The molecule has 106 valence electrons. The maximum absolute atomic E-state index is 10.6. The van der Waals surface area contributed by atoms with E-state index in [0.717, 1.165) is 16.7 Å². The minimum absolute atomic E-state index is 0.454. The summed E-state index contributed by atoms with van der Waals surface area (Å²) in [4.78, 5) is 3.05. The van der Waals surface area contributed by atoms with Crippen LogP contribution in [0.3, 0.4) is 0 Å². The molecule has 1 aromatic heterocycles. The molecule has 2 aromatic carbocycles. The molecule has 0 aliphatic carbocycles. The van der Waals surface area contributed by atoms with Gasteiger partial charge in [0.1, 0.15) is 6.10 Å². The number of benzene rings is 2. The fraction of sp³-hybridized carbons (Fsp3) is 0.0588. The number of nitrogens with one attached hydrogen (secondary N) is 1. The molecule has 21 heavy (non-hydrogen) atoms. The highest BCUT2D eigenvalue weighted by Crippen LogP contribution is 2.35. The molecule has 0 amide bonds. The van der Waals surface area contributed by atoms with Gasteiger partial charge in [-0.05, 0) is 17.7 Å². The summed E-state index contributed by atoms with van der Waals surface area (Å²) >= 11 is 12.1. The van der Waals surface area contributed by atoms with E-state index in [4.69, 9.17) is 23.2 Å². The molecular formula is C17H13Cl2NO. The lowest BCUT2D eigenvalue weighted by atomic mass is 9.97. The highest BCUT2D eigenvalue weighted by Gasteiger charge is 2.19. The summed E-state index contributed by atoms with van der Waals surface area (Å²) in [6.45, 7) is 0. The maximum atomic E-state index is 10.6. The SMILES string of the molecule is O[C@H](c1ccc(Cl)cc1Cl)c1c[nH]cc1-c1ccccc1. The lowest BCUT2D eigenvalue weighted by molar-refractivity contribution is 0.221. The van der Waals surface area contributed by atoms with Crippen molar-refractivity contribution in [3.63, 3.8) is 0 Å². The molecule has 2 nitrogen and oxygen atoms in total. The molecule has 0 unspecified atom stereocenters. The third kappa shape index (κ3) is 2.84. The van der Waals surface area contributed by atoms with Gasteiger partial charge in [-0.25, -0.2) is 0 Å². The van der Waals surface area contributed by atoms with Crippen LogP contribution in [-0.2, 0) is 0 Å². The van der Waals surface area contributed by atoms with E-state index >= 15 is 0 Å². The van der Waals surface area contributed by atoms with Gasteiger partial charge in [-0.3, -0.25) is 0 Å². The molecule has 1 atom stereocenters. The Labute approximate surface area is 133 Å². The summed E-state index contributed by atoms with van der Waals surface area (Å²) in [6.07, 6.45) is 2.85. The van der Waals surface area contributed by atoms with Gasteiger partial charge in [-0.15, -0.1) is 0 Å². The minimum Gasteiger partial charge on any atom is -0.384 e. The molecular weight excluding hydrogens is 305 g/mol. The Morgan fingerprint density at radius 2 is 1.67 bits per heavy atom. The highest BCUT2D eigenvalue weighted by molar-refractivity contribution is 6.35. The fourth-order valence-electron chi connectivity index (χ4n) is 2.36. The molecule has 0 saturated carbocycles. The molecule has 4 heteroatoms. The van der Waals surface area contributed by atoms with E-state index in [1.165, 1.54) is 0 Å². The van der Waals surface area contributed by atoms with E-state index in [9.17, 15) is 5.11 Å². The first kappa shape index (κ1) is 14.2. The first-order valence-electron chi connectivity index (χ1n) is 6.52. The Morgan fingerprint density at radius 3 is 2.38 bits per heavy atom. The lowest BCUT2D eigenvalue weighted by Gasteiger charge is -2.14. The second-order valence-corrected chi connectivity index (χ2v) is 5.60. The highest BCUT2D eigenvalue weighted by atomic mass is 35.5. The Hall–Kier alpha value is -1.74. The number of aromatic nitrogens is 1. The van der Waals surface area contributed by atoms with Gasteiger partial charge in [0.05, 0.1) is 0 Å². The second-order valence-electron chi connectivity index (χ2n) is 4.76. The number of halogens is 2. The standard InChI is InChI=1S/C17H13Cl2NO/c18-12-6-7-13(16(19)8-12)17(21)15-10-20-9-14(15)11-4-2-1-3-5-11/h1-10,17,20-21H/t17-/m1/s1. The normalized spacial score (nSPS) is 12.3. The molecule has 0 aliphatic heterocycles. The van der Waals surface area contributed by atoms with Crippen LogP contribution in [-0.4, -0.2) is 10.1 Å². The van der Waals surface area contributed by atoms with Crippen LogP contribution in [0.5, 0.6) is 0 Å². The van der Waals surface area contributed by atoms with Crippen LogP contribution in [0.1, 0.15) is 17.2 Å². The average molecular weight is 318 g/mol. The third-order valence-corrected chi connectivity index (χ3v) is 3.98. The van der Waals surface area contributed by atoms with E-state index in [-0.39, 0.29) is 0 Å². The molecule has 0 radical (unpaired) electrons. The zero-order chi connectivity index (χ0) is 14.8. The molecule has 1 heterocycles. The largest absolute Gasteiger partial charge is 0.384 e. The Balaban J connectivity index is 2.03. The van der Waals surface area contributed by atoms with Crippen LogP contribution >= 0.6 is 23.2 Å². The topological polar surface area (TPSA) is 36.0 Å². The van der Waals surface area contributed by atoms with E-state index < -0.39 is 6.10 Å². The van der Waals surface area contributed by atoms with Crippen LogP contribution in [0, 0.1) is 0 Å². The smallest absolute Gasteiger partial charge is 0.108 e. The number of hydrogen-bond donors (Lipinski definition) is 2. The molecule has 3 rings (SSSR count). The minimum atomic E-state index is -0.809. The average Bonchev–Trinajstić information content (AvgIpc) is 2.97. The first-order chi connectivity index (χ1) is 10.2. The van der Waals surface area contributed by atoms with E-state index in [0.29, 0.717) is 15.6 Å². The van der Waals surface area contributed by atoms with Gasteiger partial charge in [0, 0.05) is 39.1 Å². The molecule has 0 bridgehead atoms. The van der Waals surface area contributed by atoms with Crippen molar-refractivity contribution in [1.82, 2.24) is 4.98 Å². The monoisotopic (exact) mass is 317 g/mol. The van der Waals surface area contributed by atoms with Gasteiger partial charge in [-0.2, -0.15) is 0 Å². The van der Waals surface area contributed by atoms with E-state index in [1.807, 2.05) is 36.5 Å². The summed E-state index contributed by atoms with van der Waals surface area (Å²) in [6, 6.07) is 15.0. The van der Waals surface area contributed by atoms with Gasteiger partial charge in [0.15, 0.2) is 0 Å². The van der Waals surface area contributed by atoms with Gasteiger partial charge in [0.25, 0.3) is 0 Å². The van der Waals surface area contributed by atoms with Crippen molar-refractivity contribution in [2.75, 3.05) is 0 Å². The van der Waals surface area contributed by atoms with Gasteiger partial charge >= 0.3 is 0 Å². The predicted octanol–water partition coefficient (Wildman–Crippen LogP) is 5.07. The van der Waals surface area contributed by atoms with Crippen molar-refractivity contribution >= 4 is 23.2 Å². The zero-order valence-corrected chi connectivity index (χ0v) is 12.6. The van der Waals surface area contributed by atoms with Crippen molar-refractivity contribution in [1.29, 1.82) is 0 Å². The van der Waals surface area contributed by atoms with Gasteiger partial charge < -0.3 is 10.1 Å². The number of aliphatic hydroxyl groups excluding tert-OH is 1. The molecule has 0 spiro atoms. The van der Waals surface area contributed by atoms with E-state index in [2.05, 4.69) is 4.98 Å². The number of rotatable bonds is 3. The molecule has 2 N–H and O–H groups in total.